The quantitative estimate of drug-likeness (QED) is 0.671. The fourth-order valence-corrected chi connectivity index (χ4v) is 2.49. The Morgan fingerprint density at radius 3 is 1.63 bits per heavy atom. The molecule has 96 valence electrons. The number of fused-ring (bicyclic) bond motifs is 2. The Morgan fingerprint density at radius 2 is 1.21 bits per heavy atom. The molecule has 0 bridgehead atoms. The van der Waals surface area contributed by atoms with Crippen molar-refractivity contribution in [2.24, 2.45) is 0 Å². The maximum atomic E-state index is 3.54. The molecule has 0 saturated heterocycles. The van der Waals surface area contributed by atoms with Gasteiger partial charge in [0.05, 0.1) is 0 Å². The number of benzene rings is 2. The van der Waals surface area contributed by atoms with E-state index in [1.807, 2.05) is 0 Å². The molecular weight excluding hydrogens is 230 g/mol. The van der Waals surface area contributed by atoms with E-state index in [1.165, 1.54) is 33.6 Å². The molecule has 1 heteroatoms. The molecule has 0 fully saturated rings. The molecule has 0 aliphatic carbocycles. The van der Waals surface area contributed by atoms with Crippen molar-refractivity contribution in [3.63, 3.8) is 0 Å². The van der Waals surface area contributed by atoms with Crippen molar-refractivity contribution in [3.8, 4) is 0 Å². The first kappa shape index (κ1) is 12.0. The standard InChI is InChI=1S/C18H19N/c1-3-13-5-9-17-15(11-13)7-8-16-12-14(4-2)6-10-18(16)19-17/h5-12,19H,3-4H2,1-2H3. The lowest BCUT2D eigenvalue weighted by atomic mass is 10.1. The van der Waals surface area contributed by atoms with Crippen molar-refractivity contribution in [1.29, 1.82) is 0 Å². The van der Waals surface area contributed by atoms with E-state index in [1.54, 1.807) is 0 Å². The molecular formula is C18H19N. The van der Waals surface area contributed by atoms with Gasteiger partial charge in [0.2, 0.25) is 0 Å². The molecule has 0 spiro atoms. The lowest BCUT2D eigenvalue weighted by molar-refractivity contribution is 1.14. The first-order valence-electron chi connectivity index (χ1n) is 7.01. The number of hydrogen-bond acceptors (Lipinski definition) is 1. The Morgan fingerprint density at radius 1 is 0.737 bits per heavy atom. The van der Waals surface area contributed by atoms with E-state index in [4.69, 9.17) is 0 Å². The first-order valence-corrected chi connectivity index (χ1v) is 7.01. The van der Waals surface area contributed by atoms with E-state index in [-0.39, 0.29) is 0 Å². The van der Waals surface area contributed by atoms with Crippen LogP contribution in [0.3, 0.4) is 0 Å². The third-order valence-electron chi connectivity index (χ3n) is 3.76. The van der Waals surface area contributed by atoms with Gasteiger partial charge in [-0.1, -0.05) is 38.1 Å². The lowest BCUT2D eigenvalue weighted by Gasteiger charge is -2.11. The average molecular weight is 249 g/mol. The van der Waals surface area contributed by atoms with Crippen molar-refractivity contribution >= 4 is 23.5 Å². The van der Waals surface area contributed by atoms with E-state index in [0.29, 0.717) is 0 Å². The highest BCUT2D eigenvalue weighted by atomic mass is 14.9. The topological polar surface area (TPSA) is 12.0 Å². The van der Waals surface area contributed by atoms with Crippen LogP contribution in [0.4, 0.5) is 11.4 Å². The summed E-state index contributed by atoms with van der Waals surface area (Å²) in [5.74, 6) is 0. The number of rotatable bonds is 2. The highest BCUT2D eigenvalue weighted by molar-refractivity contribution is 5.87. The van der Waals surface area contributed by atoms with Gasteiger partial charge < -0.3 is 5.32 Å². The van der Waals surface area contributed by atoms with E-state index in [0.717, 1.165) is 12.8 Å². The van der Waals surface area contributed by atoms with Crippen LogP contribution in [0.2, 0.25) is 0 Å². The Kier molecular flexibility index (Phi) is 3.12. The van der Waals surface area contributed by atoms with Gasteiger partial charge in [-0.2, -0.15) is 0 Å². The third kappa shape index (κ3) is 2.28. The zero-order valence-corrected chi connectivity index (χ0v) is 11.5. The Labute approximate surface area is 115 Å². The second-order valence-electron chi connectivity index (χ2n) is 5.01. The van der Waals surface area contributed by atoms with Crippen LogP contribution < -0.4 is 5.32 Å². The second kappa shape index (κ2) is 4.93. The van der Waals surface area contributed by atoms with E-state index in [2.05, 4.69) is 67.7 Å². The monoisotopic (exact) mass is 249 g/mol. The molecule has 0 atom stereocenters. The molecule has 1 N–H and O–H groups in total. The molecule has 3 rings (SSSR count). The Bertz CT molecular complexity index is 583. The smallest absolute Gasteiger partial charge is 0.0458 e. The number of anilines is 2. The summed E-state index contributed by atoms with van der Waals surface area (Å²) in [5, 5.41) is 3.54. The van der Waals surface area contributed by atoms with Gasteiger partial charge in [0.1, 0.15) is 0 Å². The van der Waals surface area contributed by atoms with E-state index < -0.39 is 0 Å². The SMILES string of the molecule is CCc1ccc2c(c1)C=Cc1cc(CC)ccc1N2. The van der Waals surface area contributed by atoms with Crippen LogP contribution in [0.1, 0.15) is 36.1 Å². The summed E-state index contributed by atoms with van der Waals surface area (Å²) in [6.07, 6.45) is 6.58. The van der Waals surface area contributed by atoms with Crippen LogP contribution >= 0.6 is 0 Å². The van der Waals surface area contributed by atoms with Gasteiger partial charge in [0.25, 0.3) is 0 Å². The molecule has 1 aliphatic rings. The molecule has 2 aromatic carbocycles. The fraction of sp³-hybridized carbons (Fsp3) is 0.222. The third-order valence-corrected chi connectivity index (χ3v) is 3.76. The lowest BCUT2D eigenvalue weighted by Crippen LogP contribution is -1.95. The van der Waals surface area contributed by atoms with Crippen LogP contribution in [0.25, 0.3) is 12.2 Å². The predicted octanol–water partition coefficient (Wildman–Crippen LogP) is 5.04. The van der Waals surface area contributed by atoms with Crippen molar-refractivity contribution in [2.45, 2.75) is 26.7 Å². The van der Waals surface area contributed by atoms with Crippen molar-refractivity contribution in [2.75, 3.05) is 5.32 Å². The molecule has 1 nitrogen and oxygen atoms in total. The molecule has 19 heavy (non-hydrogen) atoms. The van der Waals surface area contributed by atoms with Gasteiger partial charge in [-0.25, -0.2) is 0 Å². The molecule has 1 aliphatic heterocycles. The second-order valence-corrected chi connectivity index (χ2v) is 5.01. The van der Waals surface area contributed by atoms with Crippen LogP contribution in [-0.2, 0) is 12.8 Å². The molecule has 0 unspecified atom stereocenters. The number of hydrogen-bond donors (Lipinski definition) is 1. The Hall–Kier alpha value is -2.02. The minimum atomic E-state index is 1.08. The van der Waals surface area contributed by atoms with Crippen molar-refractivity contribution in [3.05, 3.63) is 58.7 Å². The number of nitrogens with one attached hydrogen (secondary N) is 1. The summed E-state index contributed by atoms with van der Waals surface area (Å²) in [6.45, 7) is 4.38. The van der Waals surface area contributed by atoms with Gasteiger partial charge in [-0.05, 0) is 59.4 Å². The molecule has 0 aromatic heterocycles. The molecule has 2 aromatic rings. The summed E-state index contributed by atoms with van der Waals surface area (Å²) in [7, 11) is 0. The highest BCUT2D eigenvalue weighted by Crippen LogP contribution is 2.31. The summed E-state index contributed by atoms with van der Waals surface area (Å²) in [5.41, 5.74) is 7.69. The normalized spacial score (nSPS) is 12.3. The zero-order chi connectivity index (χ0) is 13.2. The number of aryl methyl sites for hydroxylation is 2. The largest absolute Gasteiger partial charge is 0.355 e. The van der Waals surface area contributed by atoms with Crippen LogP contribution in [0.5, 0.6) is 0 Å². The average Bonchev–Trinajstić information content (AvgIpc) is 2.64. The highest BCUT2D eigenvalue weighted by Gasteiger charge is 2.09. The minimum absolute atomic E-state index is 1.08. The Balaban J connectivity index is 2.07. The minimum Gasteiger partial charge on any atom is -0.355 e. The molecule has 0 amide bonds. The van der Waals surface area contributed by atoms with Gasteiger partial charge in [0.15, 0.2) is 0 Å². The maximum absolute atomic E-state index is 3.54. The maximum Gasteiger partial charge on any atom is 0.0458 e. The summed E-state index contributed by atoms with van der Waals surface area (Å²) in [4.78, 5) is 0. The fourth-order valence-electron chi connectivity index (χ4n) is 2.49. The van der Waals surface area contributed by atoms with Crippen molar-refractivity contribution in [1.82, 2.24) is 0 Å². The van der Waals surface area contributed by atoms with Gasteiger partial charge in [-0.15, -0.1) is 0 Å². The van der Waals surface area contributed by atoms with Gasteiger partial charge in [-0.3, -0.25) is 0 Å². The van der Waals surface area contributed by atoms with Crippen molar-refractivity contribution < 1.29 is 0 Å². The summed E-state index contributed by atoms with van der Waals surface area (Å²) < 4.78 is 0. The van der Waals surface area contributed by atoms with Crippen LogP contribution in [0.15, 0.2) is 36.4 Å². The van der Waals surface area contributed by atoms with Crippen LogP contribution in [0, 0.1) is 0 Å². The molecule has 0 radical (unpaired) electrons. The first-order chi connectivity index (χ1) is 9.30. The predicted molar refractivity (Wildman–Crippen MR) is 83.9 cm³/mol. The van der Waals surface area contributed by atoms with Gasteiger partial charge >= 0.3 is 0 Å². The van der Waals surface area contributed by atoms with E-state index in [9.17, 15) is 0 Å². The van der Waals surface area contributed by atoms with E-state index >= 15 is 0 Å². The summed E-state index contributed by atoms with van der Waals surface area (Å²) in [6, 6.07) is 13.3. The molecule has 1 heterocycles. The summed E-state index contributed by atoms with van der Waals surface area (Å²) >= 11 is 0. The van der Waals surface area contributed by atoms with Gasteiger partial charge in [0, 0.05) is 11.4 Å². The zero-order valence-electron chi connectivity index (χ0n) is 11.5. The molecule has 0 saturated carbocycles. The van der Waals surface area contributed by atoms with Crippen LogP contribution in [-0.4, -0.2) is 0 Å².